The van der Waals surface area contributed by atoms with Gasteiger partial charge in [-0.3, -0.25) is 0 Å². The molecular formula is C43H29NS2. The number of allylic oxidation sites excluding steroid dienone is 4. The van der Waals surface area contributed by atoms with Crippen LogP contribution in [0.25, 0.3) is 32.9 Å². The standard InChI is InChI=1S/C43H29NS2/c1-2-10-27(11-3-1)30-18-21-35-42(26-30)46-41-23-20-29(28-19-22-38-32(24-28)31-12-4-7-15-37(31)44-38)25-36(41)43(35)33-13-5-8-16-39(33)45-40-17-9-6-14-34(40)43/h1-10,12-27,44H,11H2. The van der Waals surface area contributed by atoms with Crippen LogP contribution in [0.3, 0.4) is 0 Å². The van der Waals surface area contributed by atoms with Crippen molar-refractivity contribution in [2.24, 2.45) is 0 Å². The first-order chi connectivity index (χ1) is 22.8. The maximum Gasteiger partial charge on any atom is 0.0745 e. The van der Waals surface area contributed by atoms with E-state index >= 15 is 0 Å². The van der Waals surface area contributed by atoms with E-state index in [1.54, 1.807) is 0 Å². The summed E-state index contributed by atoms with van der Waals surface area (Å²) in [4.78, 5) is 8.96. The monoisotopic (exact) mass is 623 g/mol. The van der Waals surface area contributed by atoms with E-state index in [1.807, 2.05) is 23.5 Å². The van der Waals surface area contributed by atoms with Crippen molar-refractivity contribution in [3.63, 3.8) is 0 Å². The molecule has 1 aliphatic carbocycles. The molecule has 0 fully saturated rings. The first-order valence-corrected chi connectivity index (χ1v) is 17.6. The van der Waals surface area contributed by atoms with E-state index in [4.69, 9.17) is 0 Å². The lowest BCUT2D eigenvalue weighted by atomic mass is 9.64. The molecule has 1 spiro atoms. The molecule has 3 heteroatoms. The van der Waals surface area contributed by atoms with E-state index < -0.39 is 5.41 Å². The third-order valence-corrected chi connectivity index (χ3v) is 12.3. The van der Waals surface area contributed by atoms with E-state index in [0.717, 1.165) is 6.42 Å². The summed E-state index contributed by atoms with van der Waals surface area (Å²) in [6.07, 6.45) is 10.0. The van der Waals surface area contributed by atoms with Gasteiger partial charge in [-0.25, -0.2) is 0 Å². The van der Waals surface area contributed by atoms with Gasteiger partial charge in [-0.15, -0.1) is 0 Å². The molecule has 10 rings (SSSR count). The number of H-pyrrole nitrogens is 1. The minimum Gasteiger partial charge on any atom is -0.355 e. The van der Waals surface area contributed by atoms with E-state index in [1.165, 1.54) is 80.3 Å². The molecule has 3 aliphatic rings. The van der Waals surface area contributed by atoms with Gasteiger partial charge in [0.15, 0.2) is 0 Å². The van der Waals surface area contributed by atoms with Gasteiger partial charge in [0.05, 0.1) is 5.41 Å². The molecule has 218 valence electrons. The van der Waals surface area contributed by atoms with Crippen LogP contribution in [0.4, 0.5) is 0 Å². The molecule has 2 aliphatic heterocycles. The Balaban J connectivity index is 1.24. The molecule has 1 atom stereocenters. The van der Waals surface area contributed by atoms with Crippen LogP contribution in [0.15, 0.2) is 171 Å². The highest BCUT2D eigenvalue weighted by atomic mass is 32.2. The summed E-state index contributed by atoms with van der Waals surface area (Å²) in [5.74, 6) is 0.413. The topological polar surface area (TPSA) is 15.8 Å². The normalized spacial score (nSPS) is 17.1. The van der Waals surface area contributed by atoms with E-state index in [-0.39, 0.29) is 0 Å². The van der Waals surface area contributed by atoms with E-state index in [0.29, 0.717) is 5.92 Å². The molecule has 1 aromatic heterocycles. The maximum absolute atomic E-state index is 3.60. The zero-order chi connectivity index (χ0) is 30.2. The maximum atomic E-state index is 3.60. The van der Waals surface area contributed by atoms with Gasteiger partial charge in [0, 0.05) is 47.3 Å². The summed E-state index contributed by atoms with van der Waals surface area (Å²) in [5.41, 5.74) is 11.3. The van der Waals surface area contributed by atoms with Crippen LogP contribution in [0.1, 0.15) is 40.2 Å². The number of fused-ring (bicyclic) bond motifs is 11. The van der Waals surface area contributed by atoms with Crippen LogP contribution in [0.2, 0.25) is 0 Å². The smallest absolute Gasteiger partial charge is 0.0745 e. The predicted molar refractivity (Wildman–Crippen MR) is 193 cm³/mol. The van der Waals surface area contributed by atoms with E-state index in [2.05, 4.69) is 157 Å². The first kappa shape index (κ1) is 26.5. The molecule has 0 saturated carbocycles. The van der Waals surface area contributed by atoms with Crippen molar-refractivity contribution in [2.45, 2.75) is 37.3 Å². The van der Waals surface area contributed by atoms with Gasteiger partial charge in [0.1, 0.15) is 0 Å². The molecule has 6 aromatic carbocycles. The zero-order valence-corrected chi connectivity index (χ0v) is 26.7. The van der Waals surface area contributed by atoms with Gasteiger partial charge >= 0.3 is 0 Å². The number of hydrogen-bond acceptors (Lipinski definition) is 2. The second-order valence-corrected chi connectivity index (χ2v) is 14.7. The van der Waals surface area contributed by atoms with Gasteiger partial charge in [-0.05, 0) is 93.9 Å². The third kappa shape index (κ3) is 3.79. The van der Waals surface area contributed by atoms with Crippen molar-refractivity contribution in [1.29, 1.82) is 0 Å². The molecule has 3 heterocycles. The number of para-hydroxylation sites is 1. The Hall–Kier alpha value is -4.70. The highest BCUT2D eigenvalue weighted by molar-refractivity contribution is 8.00. The SMILES string of the molecule is C1=CCC(c2ccc3c(c2)Sc2ccc(-c4ccc5[nH]c6ccccc6c5c4)cc2C32c3ccccc3Sc3ccccc32)C=C1. The Bertz CT molecular complexity index is 2380. The fourth-order valence-electron chi connectivity index (χ4n) is 7.95. The lowest BCUT2D eigenvalue weighted by molar-refractivity contribution is 0.665. The van der Waals surface area contributed by atoms with Crippen molar-refractivity contribution in [2.75, 3.05) is 0 Å². The lowest BCUT2D eigenvalue weighted by Gasteiger charge is -2.46. The average Bonchev–Trinajstić information content (AvgIpc) is 3.49. The Kier molecular flexibility index (Phi) is 5.85. The number of rotatable bonds is 2. The van der Waals surface area contributed by atoms with Gasteiger partial charge in [-0.2, -0.15) is 0 Å². The Morgan fingerprint density at radius 3 is 2.02 bits per heavy atom. The Morgan fingerprint density at radius 1 is 0.522 bits per heavy atom. The Labute approximate surface area is 277 Å². The molecule has 1 N–H and O–H groups in total. The van der Waals surface area contributed by atoms with Gasteiger partial charge in [0.25, 0.3) is 0 Å². The summed E-state index contributed by atoms with van der Waals surface area (Å²) in [5, 5.41) is 2.54. The summed E-state index contributed by atoms with van der Waals surface area (Å²) in [6.45, 7) is 0. The van der Waals surface area contributed by atoms with E-state index in [9.17, 15) is 0 Å². The highest BCUT2D eigenvalue weighted by Gasteiger charge is 2.48. The molecular weight excluding hydrogens is 595 g/mol. The van der Waals surface area contributed by atoms with Crippen molar-refractivity contribution in [1.82, 2.24) is 4.98 Å². The lowest BCUT2D eigenvalue weighted by Crippen LogP contribution is -2.36. The second kappa shape index (κ2) is 10.2. The van der Waals surface area contributed by atoms with Crippen LogP contribution in [0, 0.1) is 0 Å². The molecule has 46 heavy (non-hydrogen) atoms. The van der Waals surface area contributed by atoms with Crippen LogP contribution in [0.5, 0.6) is 0 Å². The van der Waals surface area contributed by atoms with Crippen LogP contribution in [-0.4, -0.2) is 4.98 Å². The number of hydrogen-bond donors (Lipinski definition) is 1. The molecule has 0 amide bonds. The number of benzene rings is 6. The number of aromatic nitrogens is 1. The number of aromatic amines is 1. The van der Waals surface area contributed by atoms with Crippen molar-refractivity contribution < 1.29 is 0 Å². The summed E-state index contributed by atoms with van der Waals surface area (Å²) in [6, 6.07) is 48.2. The highest BCUT2D eigenvalue weighted by Crippen LogP contribution is 2.62. The molecule has 1 nitrogen and oxygen atoms in total. The number of nitrogens with one attached hydrogen (secondary N) is 1. The Morgan fingerprint density at radius 2 is 1.20 bits per heavy atom. The summed E-state index contributed by atoms with van der Waals surface area (Å²) >= 11 is 3.84. The molecule has 0 saturated heterocycles. The van der Waals surface area contributed by atoms with Crippen molar-refractivity contribution in [3.8, 4) is 11.1 Å². The minimum absolute atomic E-state index is 0.413. The molecule has 0 radical (unpaired) electrons. The fraction of sp³-hybridized carbons (Fsp3) is 0.0698. The van der Waals surface area contributed by atoms with Crippen molar-refractivity contribution in [3.05, 3.63) is 180 Å². The van der Waals surface area contributed by atoms with Crippen LogP contribution >= 0.6 is 23.5 Å². The van der Waals surface area contributed by atoms with Crippen LogP contribution < -0.4 is 0 Å². The largest absolute Gasteiger partial charge is 0.355 e. The second-order valence-electron chi connectivity index (χ2n) is 12.5. The zero-order valence-electron chi connectivity index (χ0n) is 25.0. The summed E-state index contributed by atoms with van der Waals surface area (Å²) < 4.78 is 0. The fourth-order valence-corrected chi connectivity index (χ4v) is 10.4. The molecule has 0 bridgehead atoms. The van der Waals surface area contributed by atoms with Gasteiger partial charge in [-0.1, -0.05) is 127 Å². The van der Waals surface area contributed by atoms with Crippen molar-refractivity contribution >= 4 is 45.3 Å². The first-order valence-electron chi connectivity index (χ1n) is 16.0. The molecule has 7 aromatic rings. The van der Waals surface area contributed by atoms with Crippen LogP contribution in [-0.2, 0) is 5.41 Å². The average molecular weight is 624 g/mol. The quantitative estimate of drug-likeness (QED) is 0.206. The molecule has 1 unspecified atom stereocenters. The van der Waals surface area contributed by atoms with Gasteiger partial charge < -0.3 is 4.98 Å². The van der Waals surface area contributed by atoms with Gasteiger partial charge in [0.2, 0.25) is 0 Å². The third-order valence-electron chi connectivity index (χ3n) is 10.1. The predicted octanol–water partition coefficient (Wildman–Crippen LogP) is 11.9. The minimum atomic E-state index is -0.421. The summed E-state index contributed by atoms with van der Waals surface area (Å²) in [7, 11) is 0.